The molecule has 2 unspecified atom stereocenters. The largest absolute Gasteiger partial charge is 0.289 e. The van der Waals surface area contributed by atoms with E-state index in [1.54, 1.807) is 11.3 Å². The quantitative estimate of drug-likeness (QED) is 0.337. The predicted molar refractivity (Wildman–Crippen MR) is 97.9 cm³/mol. The van der Waals surface area contributed by atoms with Crippen molar-refractivity contribution < 1.29 is 9.78 Å². The normalized spacial score (nSPS) is 20.6. The van der Waals surface area contributed by atoms with Crippen LogP contribution < -0.4 is 5.43 Å². The second kappa shape index (κ2) is 4.76. The maximum Gasteiger partial charge on any atom is 0.195 e. The van der Waals surface area contributed by atoms with Gasteiger partial charge in [0.2, 0.25) is 0 Å². The summed E-state index contributed by atoms with van der Waals surface area (Å²) >= 11 is 1.65. The zero-order chi connectivity index (χ0) is 16.5. The highest BCUT2D eigenvalue weighted by atomic mass is 32.1. The molecule has 3 aliphatic rings. The first-order valence-electron chi connectivity index (χ1n) is 8.21. The van der Waals surface area contributed by atoms with Gasteiger partial charge in [-0.3, -0.25) is 4.79 Å². The lowest BCUT2D eigenvalue weighted by Gasteiger charge is -2.38. The molecule has 0 radical (unpaired) electrons. The van der Waals surface area contributed by atoms with Crippen LogP contribution in [0.15, 0.2) is 65.5 Å². The minimum Gasteiger partial charge on any atom is -0.289 e. The predicted octanol–water partition coefficient (Wildman–Crippen LogP) is 4.87. The van der Waals surface area contributed by atoms with E-state index in [0.717, 1.165) is 42.4 Å². The fourth-order valence-electron chi connectivity index (χ4n) is 3.98. The van der Waals surface area contributed by atoms with Gasteiger partial charge >= 0.3 is 0 Å². The highest BCUT2D eigenvalue weighted by Gasteiger charge is 2.40. The monoisotopic (exact) mass is 344 g/mol. The Morgan fingerprint density at radius 2 is 1.32 bits per heavy atom. The van der Waals surface area contributed by atoms with E-state index in [2.05, 4.69) is 18.2 Å². The van der Waals surface area contributed by atoms with Crippen LogP contribution in [0, 0.1) is 0 Å². The Balaban J connectivity index is 1.72. The van der Waals surface area contributed by atoms with Crippen LogP contribution in [0.2, 0.25) is 0 Å². The molecule has 120 valence electrons. The summed E-state index contributed by atoms with van der Waals surface area (Å²) in [5.74, 6) is 0. The molecule has 0 N–H and O–H groups in total. The second-order valence-electron chi connectivity index (χ2n) is 6.49. The minimum atomic E-state index is -0.267. The lowest BCUT2D eigenvalue weighted by molar-refractivity contribution is -0.360. The van der Waals surface area contributed by atoms with E-state index in [1.165, 1.54) is 0 Å². The van der Waals surface area contributed by atoms with Gasteiger partial charge in [-0.2, -0.15) is 0 Å². The van der Waals surface area contributed by atoms with Gasteiger partial charge in [-0.05, 0) is 46.5 Å². The standard InChI is InChI=1S/C21H12O3S/c22-19-13-7-3-4-8-17(13)25-18-10-15-14(9-16(18)19)20-11-5-1-2-6-12(11)21(15)24-23-20/h1-10,20-21H. The molecule has 0 saturated carbocycles. The molecule has 4 heteroatoms. The summed E-state index contributed by atoms with van der Waals surface area (Å²) in [6.07, 6.45) is -0.495. The van der Waals surface area contributed by atoms with Crippen LogP contribution >= 0.6 is 11.3 Å². The van der Waals surface area contributed by atoms with E-state index >= 15 is 0 Å². The zero-order valence-electron chi connectivity index (χ0n) is 13.1. The summed E-state index contributed by atoms with van der Waals surface area (Å²) in [6.45, 7) is 0. The average Bonchev–Trinajstić information content (AvgIpc) is 2.67. The van der Waals surface area contributed by atoms with Crippen LogP contribution in [0.3, 0.4) is 0 Å². The fourth-order valence-corrected chi connectivity index (χ4v) is 5.08. The number of benzene rings is 3. The van der Waals surface area contributed by atoms with Gasteiger partial charge in [0, 0.05) is 20.2 Å². The Hall–Kier alpha value is -2.53. The van der Waals surface area contributed by atoms with E-state index in [1.807, 2.05) is 42.5 Å². The van der Waals surface area contributed by atoms with Gasteiger partial charge in [-0.25, -0.2) is 9.78 Å². The Labute approximate surface area is 147 Å². The SMILES string of the molecule is O=c1c2ccccc2sc2cc3c(cc12)C1OOC3c2ccccc21. The Morgan fingerprint density at radius 3 is 2.08 bits per heavy atom. The molecular weight excluding hydrogens is 332 g/mol. The zero-order valence-corrected chi connectivity index (χ0v) is 13.9. The molecule has 4 aromatic rings. The van der Waals surface area contributed by atoms with E-state index in [-0.39, 0.29) is 17.6 Å². The van der Waals surface area contributed by atoms with Crippen molar-refractivity contribution in [3.63, 3.8) is 0 Å². The lowest BCUT2D eigenvalue weighted by Crippen LogP contribution is -2.28. The summed E-state index contributed by atoms with van der Waals surface area (Å²) in [4.78, 5) is 24.2. The van der Waals surface area contributed by atoms with Gasteiger partial charge < -0.3 is 0 Å². The molecule has 0 fully saturated rings. The average molecular weight is 344 g/mol. The summed E-state index contributed by atoms with van der Waals surface area (Å²) in [6, 6.07) is 20.1. The molecule has 3 nitrogen and oxygen atoms in total. The third-order valence-corrected chi connectivity index (χ3v) is 6.29. The molecule has 7 rings (SSSR count). The van der Waals surface area contributed by atoms with Gasteiger partial charge in [-0.1, -0.05) is 36.4 Å². The molecule has 1 aliphatic carbocycles. The van der Waals surface area contributed by atoms with Crippen molar-refractivity contribution in [3.05, 3.63) is 93.1 Å². The molecule has 2 atom stereocenters. The van der Waals surface area contributed by atoms with Crippen LogP contribution in [0.4, 0.5) is 0 Å². The number of fused-ring (bicyclic) bond motifs is 3. The van der Waals surface area contributed by atoms with E-state index in [4.69, 9.17) is 9.78 Å². The first-order valence-corrected chi connectivity index (χ1v) is 9.03. The highest BCUT2D eigenvalue weighted by molar-refractivity contribution is 7.24. The van der Waals surface area contributed by atoms with Crippen molar-refractivity contribution in [2.24, 2.45) is 0 Å². The van der Waals surface area contributed by atoms with Crippen molar-refractivity contribution in [1.82, 2.24) is 0 Å². The molecule has 0 amide bonds. The maximum atomic E-state index is 13.0. The maximum absolute atomic E-state index is 13.0. The third kappa shape index (κ3) is 1.74. The summed E-state index contributed by atoms with van der Waals surface area (Å²) in [5, 5.41) is 1.54. The molecule has 25 heavy (non-hydrogen) atoms. The third-order valence-electron chi connectivity index (χ3n) is 5.16. The summed E-state index contributed by atoms with van der Waals surface area (Å²) in [5.41, 5.74) is 4.51. The second-order valence-corrected chi connectivity index (χ2v) is 7.57. The fraction of sp³-hybridized carbons (Fsp3) is 0.0952. The van der Waals surface area contributed by atoms with Crippen molar-refractivity contribution in [2.75, 3.05) is 0 Å². The van der Waals surface area contributed by atoms with Crippen molar-refractivity contribution in [2.45, 2.75) is 12.2 Å². The number of hydrogen-bond donors (Lipinski definition) is 0. The van der Waals surface area contributed by atoms with Gasteiger partial charge in [-0.15, -0.1) is 11.3 Å². The summed E-state index contributed by atoms with van der Waals surface area (Å²) < 4.78 is 2.01. The Morgan fingerprint density at radius 1 is 0.680 bits per heavy atom. The molecule has 2 aliphatic heterocycles. The molecule has 1 aromatic heterocycles. The molecule has 0 spiro atoms. The minimum absolute atomic E-state index is 0.0859. The van der Waals surface area contributed by atoms with Gasteiger partial charge in [0.25, 0.3) is 0 Å². The Kier molecular flexibility index (Phi) is 2.61. The molecular formula is C21H12O3S. The van der Waals surface area contributed by atoms with Crippen LogP contribution in [-0.4, -0.2) is 0 Å². The molecule has 2 bridgehead atoms. The first kappa shape index (κ1) is 13.7. The number of rotatable bonds is 0. The van der Waals surface area contributed by atoms with Crippen molar-refractivity contribution in [3.8, 4) is 0 Å². The highest BCUT2D eigenvalue weighted by Crippen LogP contribution is 2.50. The molecule has 3 aromatic carbocycles. The van der Waals surface area contributed by atoms with Crippen LogP contribution in [-0.2, 0) is 9.78 Å². The van der Waals surface area contributed by atoms with Crippen LogP contribution in [0.5, 0.6) is 0 Å². The smallest absolute Gasteiger partial charge is 0.195 e. The molecule has 0 saturated heterocycles. The topological polar surface area (TPSA) is 35.5 Å². The van der Waals surface area contributed by atoms with Gasteiger partial charge in [0.15, 0.2) is 5.43 Å². The van der Waals surface area contributed by atoms with Gasteiger partial charge in [0.1, 0.15) is 12.2 Å². The molecule has 3 heterocycles. The van der Waals surface area contributed by atoms with Crippen molar-refractivity contribution in [1.29, 1.82) is 0 Å². The number of hydrogen-bond acceptors (Lipinski definition) is 4. The summed E-state index contributed by atoms with van der Waals surface area (Å²) in [7, 11) is 0. The van der Waals surface area contributed by atoms with E-state index < -0.39 is 0 Å². The first-order chi connectivity index (χ1) is 12.3. The van der Waals surface area contributed by atoms with E-state index in [9.17, 15) is 4.79 Å². The van der Waals surface area contributed by atoms with Crippen LogP contribution in [0.1, 0.15) is 34.5 Å². The Bertz CT molecular complexity index is 1240. The van der Waals surface area contributed by atoms with Crippen molar-refractivity contribution >= 4 is 31.5 Å². The van der Waals surface area contributed by atoms with E-state index in [0.29, 0.717) is 0 Å². The van der Waals surface area contributed by atoms with Crippen LogP contribution in [0.25, 0.3) is 20.2 Å². The lowest BCUT2D eigenvalue weighted by atomic mass is 9.81. The van der Waals surface area contributed by atoms with Gasteiger partial charge in [0.05, 0.1) is 0 Å².